The van der Waals surface area contributed by atoms with E-state index in [1.165, 1.54) is 23.8 Å². The van der Waals surface area contributed by atoms with Gasteiger partial charge in [0, 0.05) is 25.4 Å². The highest BCUT2D eigenvalue weighted by molar-refractivity contribution is 7.14. The van der Waals surface area contributed by atoms with E-state index in [0.29, 0.717) is 17.4 Å². The van der Waals surface area contributed by atoms with Gasteiger partial charge in [0.1, 0.15) is 5.69 Å². The van der Waals surface area contributed by atoms with Gasteiger partial charge in [0.15, 0.2) is 5.13 Å². The van der Waals surface area contributed by atoms with Crippen LogP contribution in [0.25, 0.3) is 0 Å². The van der Waals surface area contributed by atoms with Crippen LogP contribution in [0.1, 0.15) is 28.5 Å². The Morgan fingerprint density at radius 2 is 1.91 bits per heavy atom. The molecule has 0 saturated heterocycles. The number of aromatic nitrogens is 1. The second-order valence-corrected chi connectivity index (χ2v) is 6.27. The summed E-state index contributed by atoms with van der Waals surface area (Å²) in [6.45, 7) is 2.66. The van der Waals surface area contributed by atoms with E-state index < -0.39 is 0 Å². The zero-order chi connectivity index (χ0) is 16.8. The Morgan fingerprint density at radius 3 is 2.57 bits per heavy atom. The zero-order valence-corrected chi connectivity index (χ0v) is 14.2. The molecule has 6 nitrogen and oxygen atoms in total. The van der Waals surface area contributed by atoms with E-state index in [4.69, 9.17) is 0 Å². The number of nitrogens with one attached hydrogen (secondary N) is 2. The number of anilines is 1. The van der Waals surface area contributed by atoms with Gasteiger partial charge in [-0.2, -0.15) is 0 Å². The molecular formula is C16H20N4O2S. The lowest BCUT2D eigenvalue weighted by molar-refractivity contribution is -0.114. The lowest BCUT2D eigenvalue weighted by Gasteiger charge is -2.14. The van der Waals surface area contributed by atoms with Gasteiger partial charge in [0.05, 0.1) is 0 Å². The van der Waals surface area contributed by atoms with Crippen molar-refractivity contribution in [2.45, 2.75) is 20.0 Å². The molecule has 0 aliphatic carbocycles. The Bertz CT molecular complexity index is 697. The van der Waals surface area contributed by atoms with Crippen molar-refractivity contribution in [1.29, 1.82) is 0 Å². The molecule has 0 atom stereocenters. The second kappa shape index (κ2) is 7.85. The fraction of sp³-hybridized carbons (Fsp3) is 0.312. The molecule has 2 amide bonds. The number of amides is 2. The fourth-order valence-corrected chi connectivity index (χ4v) is 2.81. The summed E-state index contributed by atoms with van der Waals surface area (Å²) in [5.41, 5.74) is 2.56. The van der Waals surface area contributed by atoms with Gasteiger partial charge in [-0.05, 0) is 25.2 Å². The maximum absolute atomic E-state index is 12.2. The van der Waals surface area contributed by atoms with Crippen LogP contribution in [-0.2, 0) is 17.9 Å². The van der Waals surface area contributed by atoms with Crippen LogP contribution >= 0.6 is 11.3 Å². The summed E-state index contributed by atoms with van der Waals surface area (Å²) in [6, 6.07) is 8.00. The number of carbonyl (C=O) groups is 2. The van der Waals surface area contributed by atoms with Crippen molar-refractivity contribution < 1.29 is 9.59 Å². The smallest absolute Gasteiger partial charge is 0.271 e. The van der Waals surface area contributed by atoms with E-state index in [-0.39, 0.29) is 11.8 Å². The topological polar surface area (TPSA) is 74.3 Å². The van der Waals surface area contributed by atoms with E-state index in [1.54, 1.807) is 5.38 Å². The molecule has 0 bridgehead atoms. The van der Waals surface area contributed by atoms with Gasteiger partial charge < -0.3 is 15.5 Å². The van der Waals surface area contributed by atoms with Crippen LogP contribution in [0, 0.1) is 0 Å². The molecule has 0 spiro atoms. The highest BCUT2D eigenvalue weighted by atomic mass is 32.1. The van der Waals surface area contributed by atoms with E-state index in [0.717, 1.165) is 12.1 Å². The van der Waals surface area contributed by atoms with Crippen molar-refractivity contribution in [3.05, 3.63) is 46.5 Å². The van der Waals surface area contributed by atoms with E-state index in [9.17, 15) is 9.59 Å². The number of thiazole rings is 1. The molecule has 1 aromatic carbocycles. The number of nitrogens with zero attached hydrogens (tertiary/aromatic N) is 2. The molecule has 2 rings (SSSR count). The minimum absolute atomic E-state index is 0.205. The molecule has 1 aromatic heterocycles. The quantitative estimate of drug-likeness (QED) is 0.849. The van der Waals surface area contributed by atoms with Gasteiger partial charge in [-0.15, -0.1) is 11.3 Å². The van der Waals surface area contributed by atoms with Crippen LogP contribution in [0.2, 0.25) is 0 Å². The first kappa shape index (κ1) is 17.1. The second-order valence-electron chi connectivity index (χ2n) is 5.41. The monoisotopic (exact) mass is 332 g/mol. The molecule has 2 aromatic rings. The summed E-state index contributed by atoms with van der Waals surface area (Å²) in [5, 5.41) is 7.49. The Morgan fingerprint density at radius 1 is 1.22 bits per heavy atom. The van der Waals surface area contributed by atoms with Crippen molar-refractivity contribution in [3.63, 3.8) is 0 Å². The minimum atomic E-state index is -0.252. The number of hydrogen-bond donors (Lipinski definition) is 2. The molecule has 1 heterocycles. The van der Waals surface area contributed by atoms with Crippen molar-refractivity contribution in [1.82, 2.24) is 15.2 Å². The number of carbonyl (C=O) groups excluding carboxylic acids is 2. The van der Waals surface area contributed by atoms with Crippen LogP contribution in [0.3, 0.4) is 0 Å². The molecule has 122 valence electrons. The van der Waals surface area contributed by atoms with Crippen molar-refractivity contribution in [2.24, 2.45) is 0 Å². The highest BCUT2D eigenvalue weighted by Crippen LogP contribution is 2.16. The van der Waals surface area contributed by atoms with Gasteiger partial charge in [0.25, 0.3) is 5.91 Å². The number of hydrogen-bond acceptors (Lipinski definition) is 5. The van der Waals surface area contributed by atoms with Gasteiger partial charge in [-0.3, -0.25) is 9.59 Å². The van der Waals surface area contributed by atoms with Crippen molar-refractivity contribution in [2.75, 3.05) is 19.4 Å². The summed E-state index contributed by atoms with van der Waals surface area (Å²) in [7, 11) is 4.02. The Kier molecular flexibility index (Phi) is 5.84. The summed E-state index contributed by atoms with van der Waals surface area (Å²) in [5.74, 6) is -0.457. The van der Waals surface area contributed by atoms with Crippen LogP contribution in [-0.4, -0.2) is 35.8 Å². The third-order valence-corrected chi connectivity index (χ3v) is 3.82. The number of benzene rings is 1. The molecule has 2 N–H and O–H groups in total. The summed E-state index contributed by atoms with van der Waals surface area (Å²) >= 11 is 1.23. The third-order valence-electron chi connectivity index (χ3n) is 3.06. The van der Waals surface area contributed by atoms with Crippen molar-refractivity contribution >= 4 is 28.3 Å². The predicted molar refractivity (Wildman–Crippen MR) is 91.4 cm³/mol. The van der Waals surface area contributed by atoms with Gasteiger partial charge in [-0.1, -0.05) is 24.3 Å². The van der Waals surface area contributed by atoms with E-state index in [2.05, 4.69) is 26.6 Å². The van der Waals surface area contributed by atoms with Gasteiger partial charge in [-0.25, -0.2) is 4.98 Å². The van der Waals surface area contributed by atoms with E-state index >= 15 is 0 Å². The average Bonchev–Trinajstić information content (AvgIpc) is 2.93. The fourth-order valence-electron chi connectivity index (χ4n) is 2.08. The molecule has 7 heteroatoms. The van der Waals surface area contributed by atoms with Crippen molar-refractivity contribution in [3.8, 4) is 0 Å². The molecule has 0 aliphatic heterocycles. The lowest BCUT2D eigenvalue weighted by Crippen LogP contribution is -2.24. The van der Waals surface area contributed by atoms with Gasteiger partial charge >= 0.3 is 0 Å². The average molecular weight is 332 g/mol. The largest absolute Gasteiger partial charge is 0.347 e. The first-order chi connectivity index (χ1) is 11.0. The maximum atomic E-state index is 12.2. The Labute approximate surface area is 139 Å². The number of rotatable bonds is 6. The summed E-state index contributed by atoms with van der Waals surface area (Å²) in [4.78, 5) is 29.3. The normalized spacial score (nSPS) is 10.6. The third kappa shape index (κ3) is 5.15. The zero-order valence-electron chi connectivity index (χ0n) is 13.4. The van der Waals surface area contributed by atoms with Crippen LogP contribution in [0.5, 0.6) is 0 Å². The lowest BCUT2D eigenvalue weighted by atomic mass is 10.1. The highest BCUT2D eigenvalue weighted by Gasteiger charge is 2.12. The summed E-state index contributed by atoms with van der Waals surface area (Å²) < 4.78 is 0. The molecule has 0 fully saturated rings. The molecular weight excluding hydrogens is 312 g/mol. The first-order valence-corrected chi connectivity index (χ1v) is 8.06. The summed E-state index contributed by atoms with van der Waals surface area (Å²) in [6.07, 6.45) is 0. The first-order valence-electron chi connectivity index (χ1n) is 7.18. The SMILES string of the molecule is CC(=O)Nc1nc(C(=O)NCc2ccccc2CN(C)C)cs1. The maximum Gasteiger partial charge on any atom is 0.271 e. The Balaban J connectivity index is 1.99. The van der Waals surface area contributed by atoms with Crippen LogP contribution in [0.15, 0.2) is 29.6 Å². The molecule has 0 aliphatic rings. The standard InChI is InChI=1S/C16H20N4O2S/c1-11(21)18-16-19-14(10-23-16)15(22)17-8-12-6-4-5-7-13(12)9-20(2)3/h4-7,10H,8-9H2,1-3H3,(H,17,22)(H,18,19,21). The van der Waals surface area contributed by atoms with Gasteiger partial charge in [0.2, 0.25) is 5.91 Å². The van der Waals surface area contributed by atoms with Crippen LogP contribution in [0.4, 0.5) is 5.13 Å². The van der Waals surface area contributed by atoms with E-state index in [1.807, 2.05) is 32.3 Å². The molecule has 0 radical (unpaired) electrons. The molecule has 0 saturated carbocycles. The van der Waals surface area contributed by atoms with Crippen LogP contribution < -0.4 is 10.6 Å². The molecule has 23 heavy (non-hydrogen) atoms. The Hall–Kier alpha value is -2.25. The molecule has 0 unspecified atom stereocenters. The predicted octanol–water partition coefficient (Wildman–Crippen LogP) is 2.09. The minimum Gasteiger partial charge on any atom is -0.347 e.